The van der Waals surface area contributed by atoms with Gasteiger partial charge in [0.15, 0.2) is 0 Å². The number of anilines is 3. The van der Waals surface area contributed by atoms with Crippen molar-refractivity contribution in [2.75, 3.05) is 4.90 Å². The van der Waals surface area contributed by atoms with Crippen molar-refractivity contribution >= 4 is 51.1 Å². The Kier molecular flexibility index (Phi) is 4.65. The van der Waals surface area contributed by atoms with Gasteiger partial charge in [-0.2, -0.15) is 0 Å². The Hall–Kier alpha value is -4.70. The lowest BCUT2D eigenvalue weighted by Crippen LogP contribution is -2.59. The summed E-state index contributed by atoms with van der Waals surface area (Å²) in [6, 6.07) is 41.8. The van der Waals surface area contributed by atoms with Crippen molar-refractivity contribution in [3.05, 3.63) is 127 Å². The summed E-state index contributed by atoms with van der Waals surface area (Å²) in [6.45, 7) is 0.121. The third kappa shape index (κ3) is 3.02. The summed E-state index contributed by atoms with van der Waals surface area (Å²) in [7, 11) is 0. The van der Waals surface area contributed by atoms with E-state index in [9.17, 15) is 0 Å². The zero-order valence-electron chi connectivity index (χ0n) is 22.2. The molecular weight excluding hydrogens is 487 g/mol. The topological polar surface area (TPSA) is 17.4 Å². The van der Waals surface area contributed by atoms with Crippen LogP contribution in [0.2, 0.25) is 0 Å². The lowest BCUT2D eigenvalue weighted by Gasteiger charge is -2.40. The van der Waals surface area contributed by atoms with Gasteiger partial charge < -0.3 is 14.2 Å². The summed E-state index contributed by atoms with van der Waals surface area (Å²) in [5, 5.41) is 1.39. The lowest BCUT2D eigenvalue weighted by atomic mass is 9.34. The molecule has 40 heavy (non-hydrogen) atoms. The minimum absolute atomic E-state index is 0.121. The van der Waals surface area contributed by atoms with Gasteiger partial charge in [-0.3, -0.25) is 0 Å². The second-order valence-electron chi connectivity index (χ2n) is 11.2. The number of aryl methyl sites for hydroxylation is 1. The quantitative estimate of drug-likeness (QED) is 0.233. The average Bonchev–Trinajstić information content (AvgIpc) is 3.35. The molecule has 9 rings (SSSR count). The molecule has 0 atom stereocenters. The molecule has 3 nitrogen and oxygen atoms in total. The van der Waals surface area contributed by atoms with E-state index < -0.39 is 0 Å². The molecule has 4 heteroatoms. The molecule has 0 fully saturated rings. The molecule has 0 bridgehead atoms. The molecule has 0 N–H and O–H groups in total. The predicted molar refractivity (Wildman–Crippen MR) is 166 cm³/mol. The molecule has 3 heterocycles. The van der Waals surface area contributed by atoms with Crippen LogP contribution in [0.4, 0.5) is 17.1 Å². The van der Waals surface area contributed by atoms with Crippen LogP contribution in [0.3, 0.4) is 0 Å². The third-order valence-corrected chi connectivity index (χ3v) is 9.02. The van der Waals surface area contributed by atoms with Crippen molar-refractivity contribution in [1.29, 1.82) is 0 Å². The lowest BCUT2D eigenvalue weighted by molar-refractivity contribution is 0.487. The first-order valence-electron chi connectivity index (χ1n) is 14.4. The number of para-hydroxylation sites is 4. The zero-order chi connectivity index (χ0) is 26.2. The van der Waals surface area contributed by atoms with E-state index in [2.05, 4.69) is 125 Å². The molecule has 5 aromatic carbocycles. The molecule has 0 amide bonds. The van der Waals surface area contributed by atoms with Crippen molar-refractivity contribution < 1.29 is 4.74 Å². The number of hydrogen-bond acceptors (Lipinski definition) is 2. The van der Waals surface area contributed by atoms with Gasteiger partial charge in [-0.1, -0.05) is 72.8 Å². The van der Waals surface area contributed by atoms with Gasteiger partial charge in [0.25, 0.3) is 6.71 Å². The molecule has 190 valence electrons. The highest BCUT2D eigenvalue weighted by atomic mass is 16.5. The van der Waals surface area contributed by atoms with Crippen molar-refractivity contribution in [2.24, 2.45) is 0 Å². The molecule has 0 saturated carbocycles. The van der Waals surface area contributed by atoms with Gasteiger partial charge in [0, 0.05) is 34.2 Å². The molecule has 0 saturated heterocycles. The SMILES string of the molecule is c1ccc(N2c3ccccc3B3c4ccccc4Oc4cc(-n5c6c(c7ccccc75)CCCC6)cc2c43)cc1. The number of nitrogens with zero attached hydrogens (tertiary/aromatic N) is 2. The van der Waals surface area contributed by atoms with Crippen LogP contribution in [0.25, 0.3) is 16.6 Å². The summed E-state index contributed by atoms with van der Waals surface area (Å²) >= 11 is 0. The number of hydrogen-bond donors (Lipinski definition) is 0. The van der Waals surface area contributed by atoms with Gasteiger partial charge >= 0.3 is 0 Å². The van der Waals surface area contributed by atoms with E-state index in [0.29, 0.717) is 0 Å². The molecule has 0 spiro atoms. The molecule has 0 radical (unpaired) electrons. The summed E-state index contributed by atoms with van der Waals surface area (Å²) in [4.78, 5) is 2.43. The van der Waals surface area contributed by atoms with Crippen LogP contribution in [0.1, 0.15) is 24.1 Å². The van der Waals surface area contributed by atoms with Gasteiger partial charge in [0.05, 0.1) is 11.2 Å². The highest BCUT2D eigenvalue weighted by Gasteiger charge is 2.42. The zero-order valence-corrected chi connectivity index (χ0v) is 22.2. The summed E-state index contributed by atoms with van der Waals surface area (Å²) < 4.78 is 9.30. The van der Waals surface area contributed by atoms with E-state index in [1.807, 2.05) is 0 Å². The van der Waals surface area contributed by atoms with Crippen molar-refractivity contribution in [1.82, 2.24) is 4.57 Å². The van der Waals surface area contributed by atoms with E-state index in [-0.39, 0.29) is 6.71 Å². The Morgan fingerprint density at radius 3 is 2.27 bits per heavy atom. The van der Waals surface area contributed by atoms with E-state index >= 15 is 0 Å². The van der Waals surface area contributed by atoms with E-state index in [1.165, 1.54) is 68.5 Å². The third-order valence-electron chi connectivity index (χ3n) is 9.02. The highest BCUT2D eigenvalue weighted by molar-refractivity contribution is 6.99. The first-order chi connectivity index (χ1) is 19.9. The van der Waals surface area contributed by atoms with Gasteiger partial charge in [-0.25, -0.2) is 0 Å². The van der Waals surface area contributed by atoms with Crippen LogP contribution in [0, 0.1) is 0 Å². The molecule has 2 aliphatic heterocycles. The number of ether oxygens (including phenoxy) is 1. The Morgan fingerprint density at radius 2 is 1.35 bits per heavy atom. The van der Waals surface area contributed by atoms with Crippen molar-refractivity contribution in [3.8, 4) is 17.2 Å². The first kappa shape index (κ1) is 22.2. The molecule has 1 aliphatic carbocycles. The number of rotatable bonds is 2. The second-order valence-corrected chi connectivity index (χ2v) is 11.2. The summed E-state index contributed by atoms with van der Waals surface area (Å²) in [5.41, 5.74) is 12.8. The fourth-order valence-corrected chi connectivity index (χ4v) is 7.41. The van der Waals surface area contributed by atoms with Gasteiger partial charge in [0.1, 0.15) is 11.5 Å². The first-order valence-corrected chi connectivity index (χ1v) is 14.4. The molecule has 1 aromatic heterocycles. The number of benzene rings is 5. The van der Waals surface area contributed by atoms with E-state index in [0.717, 1.165) is 30.0 Å². The van der Waals surface area contributed by atoms with E-state index in [1.54, 1.807) is 0 Å². The summed E-state index contributed by atoms with van der Waals surface area (Å²) in [5.74, 6) is 1.90. The van der Waals surface area contributed by atoms with Crippen LogP contribution in [0.15, 0.2) is 115 Å². The number of fused-ring (bicyclic) bond motifs is 7. The van der Waals surface area contributed by atoms with Crippen LogP contribution in [-0.4, -0.2) is 11.3 Å². The maximum Gasteiger partial charge on any atom is 0.256 e. The van der Waals surface area contributed by atoms with Crippen molar-refractivity contribution in [3.63, 3.8) is 0 Å². The Bertz CT molecular complexity index is 1960. The fourth-order valence-electron chi connectivity index (χ4n) is 7.41. The molecule has 6 aromatic rings. The predicted octanol–water partition coefficient (Wildman–Crippen LogP) is 6.91. The normalized spacial score (nSPS) is 14.7. The van der Waals surface area contributed by atoms with Gasteiger partial charge in [-0.15, -0.1) is 0 Å². The fraction of sp³-hybridized carbons (Fsp3) is 0.111. The smallest absolute Gasteiger partial charge is 0.256 e. The minimum Gasteiger partial charge on any atom is -0.458 e. The second kappa shape index (κ2) is 8.40. The monoisotopic (exact) mass is 514 g/mol. The minimum atomic E-state index is 0.121. The Morgan fingerprint density at radius 1 is 0.600 bits per heavy atom. The van der Waals surface area contributed by atoms with Crippen molar-refractivity contribution in [2.45, 2.75) is 25.7 Å². The maximum absolute atomic E-state index is 6.78. The highest BCUT2D eigenvalue weighted by Crippen LogP contribution is 2.43. The summed E-state index contributed by atoms with van der Waals surface area (Å²) in [6.07, 6.45) is 4.75. The largest absolute Gasteiger partial charge is 0.458 e. The Labute approximate surface area is 234 Å². The average molecular weight is 514 g/mol. The Balaban J connectivity index is 1.38. The number of aromatic nitrogens is 1. The molecule has 3 aliphatic rings. The van der Waals surface area contributed by atoms with Crippen LogP contribution in [0.5, 0.6) is 11.5 Å². The van der Waals surface area contributed by atoms with Gasteiger partial charge in [0.2, 0.25) is 0 Å². The van der Waals surface area contributed by atoms with Crippen LogP contribution >= 0.6 is 0 Å². The van der Waals surface area contributed by atoms with Crippen LogP contribution < -0.4 is 26.0 Å². The molecule has 0 unspecified atom stereocenters. The maximum atomic E-state index is 6.78. The molecular formula is C36H27BN2O. The van der Waals surface area contributed by atoms with Gasteiger partial charge in [-0.05, 0) is 84.0 Å². The van der Waals surface area contributed by atoms with E-state index in [4.69, 9.17) is 4.74 Å². The standard InChI is InChI=1S/C36H27BN2O/c1-2-12-24(13-3-1)38-32-20-10-6-16-28(32)37-29-17-7-11-21-34(29)40-35-23-25(22-33(38)36(35)37)39-30-18-8-4-14-26(30)27-15-5-9-19-31(27)39/h1-4,6-8,10-14,16-18,20-23H,5,9,15,19H2. The van der Waals surface area contributed by atoms with Crippen LogP contribution in [-0.2, 0) is 12.8 Å².